The van der Waals surface area contributed by atoms with Crippen molar-refractivity contribution in [1.82, 2.24) is 0 Å². The van der Waals surface area contributed by atoms with Crippen LogP contribution < -0.4 is 0 Å². The second-order valence-electron chi connectivity index (χ2n) is 4.92. The normalized spacial score (nSPS) is 16.7. The maximum absolute atomic E-state index is 13.8. The number of aliphatic hydroxyl groups is 1. The lowest BCUT2D eigenvalue weighted by atomic mass is 9.89. The first kappa shape index (κ1) is 17.7. The lowest BCUT2D eigenvalue weighted by Gasteiger charge is -2.28. The summed E-state index contributed by atoms with van der Waals surface area (Å²) in [5.74, 6) is -9.29. The van der Waals surface area contributed by atoms with Crippen molar-refractivity contribution in [1.29, 1.82) is 0 Å². The zero-order valence-corrected chi connectivity index (χ0v) is 11.4. The van der Waals surface area contributed by atoms with E-state index in [1.807, 2.05) is 0 Å². The van der Waals surface area contributed by atoms with Crippen LogP contribution in [0.4, 0.5) is 30.7 Å². The van der Waals surface area contributed by atoms with Gasteiger partial charge in [0.25, 0.3) is 0 Å². The van der Waals surface area contributed by atoms with Crippen molar-refractivity contribution in [2.24, 2.45) is 0 Å². The molecule has 8 heteroatoms. The van der Waals surface area contributed by atoms with Gasteiger partial charge in [-0.05, 0) is 19.3 Å². The average molecular weight is 318 g/mol. The van der Waals surface area contributed by atoms with Crippen molar-refractivity contribution < 1.29 is 35.8 Å². The van der Waals surface area contributed by atoms with Crippen LogP contribution in [0.15, 0.2) is 0 Å². The first-order valence-corrected chi connectivity index (χ1v) is 6.03. The first-order chi connectivity index (χ1) is 9.37. The van der Waals surface area contributed by atoms with Crippen molar-refractivity contribution in [3.05, 3.63) is 34.4 Å². The minimum Gasteiger partial charge on any atom is -0.376 e. The van der Waals surface area contributed by atoms with Crippen LogP contribution in [-0.4, -0.2) is 11.3 Å². The summed E-state index contributed by atoms with van der Waals surface area (Å²) in [4.78, 5) is 0. The third-order valence-corrected chi connectivity index (χ3v) is 3.44. The molecule has 0 fully saturated rings. The van der Waals surface area contributed by atoms with E-state index in [2.05, 4.69) is 0 Å². The van der Waals surface area contributed by atoms with E-state index >= 15 is 0 Å². The fourth-order valence-corrected chi connectivity index (χ4v) is 1.85. The molecule has 0 saturated heterocycles. The summed E-state index contributed by atoms with van der Waals surface area (Å²) in [5, 5.41) is 9.28. The minimum absolute atomic E-state index is 0.0241. The molecule has 0 aliphatic carbocycles. The van der Waals surface area contributed by atoms with Gasteiger partial charge < -0.3 is 5.11 Å². The average Bonchev–Trinajstić information content (AvgIpc) is 2.35. The maximum Gasteiger partial charge on any atom is 0.421 e. The van der Waals surface area contributed by atoms with Crippen LogP contribution in [0.1, 0.15) is 44.2 Å². The van der Waals surface area contributed by atoms with Gasteiger partial charge in [-0.1, -0.05) is 13.8 Å². The molecule has 0 amide bonds. The fourth-order valence-electron chi connectivity index (χ4n) is 1.85. The van der Waals surface area contributed by atoms with Gasteiger partial charge in [0, 0.05) is 5.56 Å². The molecule has 1 N–H and O–H groups in total. The van der Waals surface area contributed by atoms with Crippen molar-refractivity contribution in [3.8, 4) is 0 Å². The Kier molecular flexibility index (Phi) is 4.62. The number of benzene rings is 1. The molecule has 1 rings (SSSR count). The Balaban J connectivity index is 3.75. The number of hydrogen-bond donors (Lipinski definition) is 1. The quantitative estimate of drug-likeness (QED) is 0.641. The number of halogens is 7. The fraction of sp³-hybridized carbons (Fsp3) is 0.538. The number of hydrogen-bond acceptors (Lipinski definition) is 1. The first-order valence-electron chi connectivity index (χ1n) is 6.03. The standard InChI is InChI=1S/C13H13F7O/c1-4-5(2)6-8(14)10(16)7(11(17)9(6)15)12(3,21)13(18,19)20/h5,21H,4H2,1-3H3. The second kappa shape index (κ2) is 5.47. The van der Waals surface area contributed by atoms with Gasteiger partial charge in [-0.2, -0.15) is 13.2 Å². The highest BCUT2D eigenvalue weighted by Crippen LogP contribution is 2.43. The van der Waals surface area contributed by atoms with Crippen LogP contribution in [0.25, 0.3) is 0 Å². The zero-order chi connectivity index (χ0) is 16.7. The monoisotopic (exact) mass is 318 g/mol. The van der Waals surface area contributed by atoms with Gasteiger partial charge in [0.2, 0.25) is 0 Å². The molecule has 0 bridgehead atoms. The van der Waals surface area contributed by atoms with E-state index in [9.17, 15) is 35.8 Å². The molecule has 2 unspecified atom stereocenters. The highest BCUT2D eigenvalue weighted by Gasteiger charge is 2.55. The molecular weight excluding hydrogens is 305 g/mol. The van der Waals surface area contributed by atoms with Gasteiger partial charge in [0.15, 0.2) is 28.9 Å². The van der Waals surface area contributed by atoms with E-state index in [1.54, 1.807) is 0 Å². The van der Waals surface area contributed by atoms with E-state index in [0.29, 0.717) is 0 Å². The van der Waals surface area contributed by atoms with Crippen LogP contribution in [0.3, 0.4) is 0 Å². The van der Waals surface area contributed by atoms with Gasteiger partial charge in [0.05, 0.1) is 5.56 Å². The Morgan fingerprint density at radius 1 is 0.952 bits per heavy atom. The lowest BCUT2D eigenvalue weighted by molar-refractivity contribution is -0.261. The van der Waals surface area contributed by atoms with Gasteiger partial charge in [-0.25, -0.2) is 17.6 Å². The predicted octanol–water partition coefficient (Wildman–Crippen LogP) is 4.53. The summed E-state index contributed by atoms with van der Waals surface area (Å²) in [7, 11) is 0. The van der Waals surface area contributed by atoms with E-state index in [-0.39, 0.29) is 13.3 Å². The highest BCUT2D eigenvalue weighted by atomic mass is 19.4. The molecule has 0 aromatic heterocycles. The second-order valence-corrected chi connectivity index (χ2v) is 4.92. The summed E-state index contributed by atoms with van der Waals surface area (Å²) < 4.78 is 93.1. The zero-order valence-electron chi connectivity index (χ0n) is 11.4. The molecule has 1 aromatic carbocycles. The lowest BCUT2D eigenvalue weighted by Crippen LogP contribution is -2.41. The van der Waals surface area contributed by atoms with E-state index in [1.165, 1.54) is 13.8 Å². The highest BCUT2D eigenvalue weighted by molar-refractivity contribution is 5.36. The molecule has 0 heterocycles. The Morgan fingerprint density at radius 3 is 1.62 bits per heavy atom. The Labute approximate surface area is 116 Å². The summed E-state index contributed by atoms with van der Waals surface area (Å²) >= 11 is 0. The van der Waals surface area contributed by atoms with Crippen molar-refractivity contribution >= 4 is 0 Å². The van der Waals surface area contributed by atoms with Crippen LogP contribution in [-0.2, 0) is 5.60 Å². The SMILES string of the molecule is CCC(C)c1c(F)c(F)c(C(C)(O)C(F)(F)F)c(F)c1F. The van der Waals surface area contributed by atoms with Crippen molar-refractivity contribution in [2.45, 2.75) is 44.9 Å². The summed E-state index contributed by atoms with van der Waals surface area (Å²) in [6.07, 6.45) is -5.40. The van der Waals surface area contributed by atoms with Gasteiger partial charge in [-0.15, -0.1) is 0 Å². The Hall–Kier alpha value is -1.31. The molecule has 120 valence electrons. The summed E-state index contributed by atoms with van der Waals surface area (Å²) in [6, 6.07) is 0. The topological polar surface area (TPSA) is 20.2 Å². The summed E-state index contributed by atoms with van der Waals surface area (Å²) in [5.41, 5.74) is -7.12. The molecule has 0 saturated carbocycles. The van der Waals surface area contributed by atoms with Crippen molar-refractivity contribution in [3.63, 3.8) is 0 Å². The van der Waals surface area contributed by atoms with Gasteiger partial charge in [-0.3, -0.25) is 0 Å². The number of rotatable bonds is 3. The molecule has 0 aliphatic rings. The smallest absolute Gasteiger partial charge is 0.376 e. The molecule has 0 radical (unpaired) electrons. The molecule has 0 aliphatic heterocycles. The van der Waals surface area contributed by atoms with Crippen LogP contribution in [0.5, 0.6) is 0 Å². The minimum atomic E-state index is -5.51. The molecule has 0 spiro atoms. The molecule has 21 heavy (non-hydrogen) atoms. The van der Waals surface area contributed by atoms with E-state index in [4.69, 9.17) is 0 Å². The maximum atomic E-state index is 13.8. The summed E-state index contributed by atoms with van der Waals surface area (Å²) in [6.45, 7) is 2.78. The van der Waals surface area contributed by atoms with Crippen LogP contribution in [0, 0.1) is 23.3 Å². The molecular formula is C13H13F7O. The van der Waals surface area contributed by atoms with Gasteiger partial charge >= 0.3 is 6.18 Å². The predicted molar refractivity (Wildman–Crippen MR) is 60.6 cm³/mol. The van der Waals surface area contributed by atoms with E-state index < -0.39 is 52.1 Å². The van der Waals surface area contributed by atoms with Crippen molar-refractivity contribution in [2.75, 3.05) is 0 Å². The molecule has 1 nitrogen and oxygen atoms in total. The number of alkyl halides is 3. The molecule has 1 aromatic rings. The Morgan fingerprint density at radius 2 is 1.33 bits per heavy atom. The van der Waals surface area contributed by atoms with Crippen LogP contribution >= 0.6 is 0 Å². The molecule has 2 atom stereocenters. The van der Waals surface area contributed by atoms with Crippen LogP contribution in [0.2, 0.25) is 0 Å². The van der Waals surface area contributed by atoms with Gasteiger partial charge in [0.1, 0.15) is 0 Å². The van der Waals surface area contributed by atoms with E-state index in [0.717, 1.165) is 0 Å². The Bertz CT molecular complexity index is 519. The largest absolute Gasteiger partial charge is 0.421 e. The third-order valence-electron chi connectivity index (χ3n) is 3.44. The third kappa shape index (κ3) is 2.73.